The summed E-state index contributed by atoms with van der Waals surface area (Å²) in [5.74, 6) is 0. The second-order valence-corrected chi connectivity index (χ2v) is 7.15. The fourth-order valence-electron chi connectivity index (χ4n) is 3.61. The molecule has 0 aliphatic carbocycles. The van der Waals surface area contributed by atoms with Crippen LogP contribution in [-0.2, 0) is 4.74 Å². The number of ether oxygens (including phenoxy) is 1. The topological polar surface area (TPSA) is 50.4 Å². The third kappa shape index (κ3) is 2.48. The number of fused-ring (bicyclic) bond motifs is 3. The molecule has 2 aliphatic rings. The molecule has 5 heteroatoms. The van der Waals surface area contributed by atoms with Crippen LogP contribution in [0.4, 0.5) is 4.79 Å². The van der Waals surface area contributed by atoms with Crippen LogP contribution in [0, 0.1) is 0 Å². The molecule has 0 unspecified atom stereocenters. The first-order valence-electron chi connectivity index (χ1n) is 7.89. The average Bonchev–Trinajstić information content (AvgIpc) is 3.21. The van der Waals surface area contributed by atoms with Crippen molar-refractivity contribution in [2.75, 3.05) is 0 Å². The Morgan fingerprint density at radius 2 is 2.23 bits per heavy atom. The largest absolute Gasteiger partial charge is 0.373 e. The molecule has 2 aliphatic heterocycles. The lowest BCUT2D eigenvalue weighted by atomic mass is 9.96. The van der Waals surface area contributed by atoms with Crippen LogP contribution in [-0.4, -0.2) is 24.3 Å². The molecular formula is C17H20N2O2S. The van der Waals surface area contributed by atoms with Crippen LogP contribution in [0.25, 0.3) is 10.1 Å². The number of hydrogen-bond acceptors (Lipinski definition) is 3. The van der Waals surface area contributed by atoms with Crippen molar-refractivity contribution in [2.45, 2.75) is 50.5 Å². The number of carbonyl (C=O) groups is 1. The summed E-state index contributed by atoms with van der Waals surface area (Å²) in [6.07, 6.45) is 3.73. The molecule has 2 aromatic rings. The Morgan fingerprint density at radius 1 is 1.36 bits per heavy atom. The Bertz CT molecular complexity index is 699. The van der Waals surface area contributed by atoms with Crippen molar-refractivity contribution in [1.29, 1.82) is 0 Å². The molecule has 1 aromatic heterocycles. The second kappa shape index (κ2) is 5.56. The van der Waals surface area contributed by atoms with Gasteiger partial charge in [-0.25, -0.2) is 4.79 Å². The highest BCUT2D eigenvalue weighted by atomic mass is 32.1. The molecule has 2 fully saturated rings. The second-order valence-electron chi connectivity index (χ2n) is 6.24. The zero-order valence-electron chi connectivity index (χ0n) is 12.5. The number of nitrogens with one attached hydrogen (secondary N) is 2. The van der Waals surface area contributed by atoms with Gasteiger partial charge < -0.3 is 15.4 Å². The van der Waals surface area contributed by atoms with E-state index >= 15 is 0 Å². The van der Waals surface area contributed by atoms with Crippen molar-refractivity contribution in [3.8, 4) is 0 Å². The number of amides is 2. The number of benzene rings is 1. The molecule has 0 spiro atoms. The van der Waals surface area contributed by atoms with Crippen LogP contribution in [0.15, 0.2) is 29.6 Å². The first-order valence-corrected chi connectivity index (χ1v) is 8.77. The normalized spacial score (nSPS) is 28.0. The lowest BCUT2D eigenvalue weighted by Gasteiger charge is -2.22. The molecule has 2 amide bonds. The highest BCUT2D eigenvalue weighted by Gasteiger charge is 2.41. The highest BCUT2D eigenvalue weighted by Crippen LogP contribution is 2.34. The van der Waals surface area contributed by atoms with Gasteiger partial charge in [0.15, 0.2) is 0 Å². The van der Waals surface area contributed by atoms with E-state index < -0.39 is 0 Å². The molecule has 2 bridgehead atoms. The Hall–Kier alpha value is -1.59. The first-order chi connectivity index (χ1) is 10.7. The maximum Gasteiger partial charge on any atom is 0.315 e. The summed E-state index contributed by atoms with van der Waals surface area (Å²) in [5.41, 5.74) is 1.18. The minimum absolute atomic E-state index is 0.00402. The minimum Gasteiger partial charge on any atom is -0.373 e. The lowest BCUT2D eigenvalue weighted by Crippen LogP contribution is -2.46. The zero-order valence-corrected chi connectivity index (χ0v) is 13.4. The minimum atomic E-state index is -0.0936. The van der Waals surface area contributed by atoms with Crippen LogP contribution in [0.2, 0.25) is 0 Å². The molecule has 0 saturated carbocycles. The van der Waals surface area contributed by atoms with Crippen LogP contribution in [0.1, 0.15) is 37.8 Å². The molecule has 4 rings (SSSR count). The summed E-state index contributed by atoms with van der Waals surface area (Å²) >= 11 is 1.72. The third-order valence-corrected chi connectivity index (χ3v) is 5.73. The Balaban J connectivity index is 1.41. The van der Waals surface area contributed by atoms with E-state index in [0.29, 0.717) is 6.10 Å². The maximum atomic E-state index is 12.2. The van der Waals surface area contributed by atoms with E-state index in [0.717, 1.165) is 19.3 Å². The van der Waals surface area contributed by atoms with Crippen LogP contribution >= 0.6 is 11.3 Å². The van der Waals surface area contributed by atoms with Crippen molar-refractivity contribution in [2.24, 2.45) is 0 Å². The van der Waals surface area contributed by atoms with Gasteiger partial charge >= 0.3 is 6.03 Å². The molecule has 22 heavy (non-hydrogen) atoms. The zero-order chi connectivity index (χ0) is 15.1. The fraction of sp³-hybridized carbons (Fsp3) is 0.471. The van der Waals surface area contributed by atoms with Crippen molar-refractivity contribution in [3.63, 3.8) is 0 Å². The summed E-state index contributed by atoms with van der Waals surface area (Å²) in [7, 11) is 0. The van der Waals surface area contributed by atoms with Gasteiger partial charge in [-0.3, -0.25) is 0 Å². The number of urea groups is 1. The fourth-order valence-corrected chi connectivity index (χ4v) is 4.66. The summed E-state index contributed by atoms with van der Waals surface area (Å²) in [6.45, 7) is 2.03. The molecule has 0 radical (unpaired) electrons. The van der Waals surface area contributed by atoms with Gasteiger partial charge in [0.1, 0.15) is 0 Å². The Morgan fingerprint density at radius 3 is 3.00 bits per heavy atom. The lowest BCUT2D eigenvalue weighted by molar-refractivity contribution is 0.0980. The predicted molar refractivity (Wildman–Crippen MR) is 88.2 cm³/mol. The molecule has 1 aromatic carbocycles. The first kappa shape index (κ1) is 14.0. The summed E-state index contributed by atoms with van der Waals surface area (Å²) < 4.78 is 7.04. The van der Waals surface area contributed by atoms with Gasteiger partial charge in [-0.15, -0.1) is 11.3 Å². The number of rotatable bonds is 3. The summed E-state index contributed by atoms with van der Waals surface area (Å²) in [4.78, 5) is 12.2. The van der Waals surface area contributed by atoms with E-state index in [4.69, 9.17) is 4.74 Å². The van der Waals surface area contributed by atoms with Gasteiger partial charge in [0.25, 0.3) is 0 Å². The third-order valence-electron chi connectivity index (χ3n) is 4.75. The van der Waals surface area contributed by atoms with Gasteiger partial charge in [-0.1, -0.05) is 18.2 Å². The van der Waals surface area contributed by atoms with E-state index in [1.165, 1.54) is 15.6 Å². The van der Waals surface area contributed by atoms with Crippen LogP contribution < -0.4 is 10.6 Å². The van der Waals surface area contributed by atoms with Crippen molar-refractivity contribution < 1.29 is 9.53 Å². The molecular weight excluding hydrogens is 296 g/mol. The van der Waals surface area contributed by atoms with Crippen molar-refractivity contribution in [3.05, 3.63) is 35.2 Å². The van der Waals surface area contributed by atoms with E-state index in [1.807, 2.05) is 19.1 Å². The number of carbonyl (C=O) groups excluding carboxylic acids is 1. The van der Waals surface area contributed by atoms with Crippen LogP contribution in [0.3, 0.4) is 0 Å². The molecule has 4 nitrogen and oxygen atoms in total. The maximum absolute atomic E-state index is 12.2. The van der Waals surface area contributed by atoms with Gasteiger partial charge in [0.05, 0.1) is 24.3 Å². The van der Waals surface area contributed by atoms with Gasteiger partial charge in [0.2, 0.25) is 0 Å². The number of thiophene rings is 1. The van der Waals surface area contributed by atoms with Crippen LogP contribution in [0.5, 0.6) is 0 Å². The van der Waals surface area contributed by atoms with Crippen molar-refractivity contribution in [1.82, 2.24) is 10.6 Å². The summed E-state index contributed by atoms with van der Waals surface area (Å²) in [6, 6.07) is 8.38. The molecule has 3 heterocycles. The SMILES string of the molecule is C[C@@H](NC(=O)N[C@H]1C[C@H]2CC[C@H]1O2)c1csc2ccccc12. The molecule has 2 N–H and O–H groups in total. The molecule has 116 valence electrons. The van der Waals surface area contributed by atoms with Gasteiger partial charge in [0, 0.05) is 4.70 Å². The smallest absolute Gasteiger partial charge is 0.315 e. The summed E-state index contributed by atoms with van der Waals surface area (Å²) in [5, 5.41) is 9.50. The molecule has 4 atom stereocenters. The average molecular weight is 316 g/mol. The quantitative estimate of drug-likeness (QED) is 0.909. The standard InChI is InChI=1S/C17H20N2O2S/c1-10(13-9-22-16-5-3-2-4-12(13)16)18-17(20)19-14-8-11-6-7-15(14)21-11/h2-5,9-11,14-15H,6-8H2,1H3,(H2,18,19,20)/t10-,11-,14+,15-/m1/s1. The predicted octanol–water partition coefficient (Wildman–Crippen LogP) is 3.58. The van der Waals surface area contributed by atoms with E-state index in [2.05, 4.69) is 28.1 Å². The molecule has 2 saturated heterocycles. The Kier molecular flexibility index (Phi) is 3.54. The van der Waals surface area contributed by atoms with E-state index in [-0.39, 0.29) is 24.2 Å². The van der Waals surface area contributed by atoms with Gasteiger partial charge in [-0.05, 0) is 48.6 Å². The van der Waals surface area contributed by atoms with E-state index in [1.54, 1.807) is 11.3 Å². The highest BCUT2D eigenvalue weighted by molar-refractivity contribution is 7.17. The van der Waals surface area contributed by atoms with Crippen molar-refractivity contribution >= 4 is 27.5 Å². The van der Waals surface area contributed by atoms with E-state index in [9.17, 15) is 4.79 Å². The van der Waals surface area contributed by atoms with Gasteiger partial charge in [-0.2, -0.15) is 0 Å². The monoisotopic (exact) mass is 316 g/mol. The number of hydrogen-bond donors (Lipinski definition) is 2. The Labute approximate surface area is 133 Å².